The van der Waals surface area contributed by atoms with E-state index in [2.05, 4.69) is 19.2 Å². The number of carbonyl (C=O) groups is 1. The van der Waals surface area contributed by atoms with Gasteiger partial charge in [-0.1, -0.05) is 45.0 Å². The van der Waals surface area contributed by atoms with Crippen LogP contribution in [0.15, 0.2) is 24.3 Å². The van der Waals surface area contributed by atoms with E-state index in [0.29, 0.717) is 25.4 Å². The molecule has 1 aliphatic rings. The van der Waals surface area contributed by atoms with Crippen LogP contribution in [0.4, 0.5) is 0 Å². The number of carbonyl (C=O) groups excluding carboxylic acids is 1. The maximum atomic E-state index is 12.4. The molecule has 6 heteroatoms. The molecule has 0 spiro atoms. The Morgan fingerprint density at radius 2 is 1.91 bits per heavy atom. The molecular weight excluding hydrogens is 300 g/mol. The normalized spacial score (nSPS) is 20.2. The number of benzene rings is 1. The zero-order valence-electron chi connectivity index (χ0n) is 13.4. The largest absolute Gasteiger partial charge is 0.353 e. The Balaban J connectivity index is 2.36. The van der Waals surface area contributed by atoms with E-state index in [9.17, 15) is 13.2 Å². The van der Waals surface area contributed by atoms with Gasteiger partial charge in [-0.3, -0.25) is 4.79 Å². The minimum atomic E-state index is -3.42. The van der Waals surface area contributed by atoms with Crippen LogP contribution in [-0.2, 0) is 14.8 Å². The number of nitrogens with one attached hydrogen (secondary N) is 1. The fourth-order valence-electron chi connectivity index (χ4n) is 2.70. The molecule has 1 fully saturated rings. The molecule has 0 bridgehead atoms. The van der Waals surface area contributed by atoms with Crippen LogP contribution in [0.5, 0.6) is 0 Å². The quantitative estimate of drug-likeness (QED) is 0.901. The summed E-state index contributed by atoms with van der Waals surface area (Å²) in [6.45, 7) is 6.71. The topological polar surface area (TPSA) is 66.5 Å². The van der Waals surface area contributed by atoms with E-state index in [4.69, 9.17) is 0 Å². The number of amides is 1. The molecule has 1 atom stereocenters. The molecule has 1 saturated heterocycles. The second kappa shape index (κ2) is 6.79. The van der Waals surface area contributed by atoms with Crippen LogP contribution in [0.2, 0.25) is 0 Å². The SMILES string of the molecule is CCCS(=O)(=O)N1CCNC(=O)C1c1ccc(C(C)C)cc1. The molecule has 0 aliphatic carbocycles. The smallest absolute Gasteiger partial charge is 0.243 e. The molecule has 0 aromatic heterocycles. The Bertz CT molecular complexity index is 623. The minimum absolute atomic E-state index is 0.0703. The van der Waals surface area contributed by atoms with Crippen molar-refractivity contribution < 1.29 is 13.2 Å². The first-order valence-corrected chi connectivity index (χ1v) is 9.35. The lowest BCUT2D eigenvalue weighted by Gasteiger charge is -2.34. The van der Waals surface area contributed by atoms with Gasteiger partial charge in [0.25, 0.3) is 0 Å². The molecule has 0 radical (unpaired) electrons. The summed E-state index contributed by atoms with van der Waals surface area (Å²) in [6, 6.07) is 6.89. The van der Waals surface area contributed by atoms with Gasteiger partial charge in [0, 0.05) is 13.1 Å². The van der Waals surface area contributed by atoms with E-state index in [-0.39, 0.29) is 11.7 Å². The minimum Gasteiger partial charge on any atom is -0.353 e. The lowest BCUT2D eigenvalue weighted by Crippen LogP contribution is -2.52. The number of nitrogens with zero attached hydrogens (tertiary/aromatic N) is 1. The molecule has 1 unspecified atom stereocenters. The standard InChI is InChI=1S/C16H24N2O3S/c1-4-11-22(20,21)18-10-9-17-16(19)15(18)14-7-5-13(6-8-14)12(2)3/h5-8,12,15H,4,9-11H2,1-3H3,(H,17,19). The Morgan fingerprint density at radius 3 is 2.45 bits per heavy atom. The van der Waals surface area contributed by atoms with Crippen LogP contribution in [0.3, 0.4) is 0 Å². The van der Waals surface area contributed by atoms with Crippen molar-refractivity contribution in [3.63, 3.8) is 0 Å². The summed E-state index contributed by atoms with van der Waals surface area (Å²) in [7, 11) is -3.42. The third-order valence-corrected chi connectivity index (χ3v) is 5.94. The molecule has 122 valence electrons. The van der Waals surface area contributed by atoms with Crippen molar-refractivity contribution in [1.82, 2.24) is 9.62 Å². The first kappa shape index (κ1) is 17.0. The Kier molecular flexibility index (Phi) is 5.24. The summed E-state index contributed by atoms with van der Waals surface area (Å²) in [5.41, 5.74) is 1.89. The Labute approximate surface area is 132 Å². The average Bonchev–Trinajstić information content (AvgIpc) is 2.47. The molecule has 1 aromatic rings. The molecule has 5 nitrogen and oxygen atoms in total. The maximum Gasteiger partial charge on any atom is 0.243 e. The molecule has 1 heterocycles. The van der Waals surface area contributed by atoms with Crippen LogP contribution >= 0.6 is 0 Å². The highest BCUT2D eigenvalue weighted by Gasteiger charge is 2.38. The molecule has 1 N–H and O–H groups in total. The van der Waals surface area contributed by atoms with Gasteiger partial charge in [-0.2, -0.15) is 4.31 Å². The number of piperazine rings is 1. The van der Waals surface area contributed by atoms with E-state index in [1.54, 1.807) is 0 Å². The average molecular weight is 324 g/mol. The van der Waals surface area contributed by atoms with Crippen molar-refractivity contribution in [2.24, 2.45) is 0 Å². The highest BCUT2D eigenvalue weighted by atomic mass is 32.2. The van der Waals surface area contributed by atoms with E-state index in [1.165, 1.54) is 9.87 Å². The highest BCUT2D eigenvalue weighted by Crippen LogP contribution is 2.28. The van der Waals surface area contributed by atoms with Gasteiger partial charge in [-0.15, -0.1) is 0 Å². The van der Waals surface area contributed by atoms with E-state index in [1.807, 2.05) is 31.2 Å². The fourth-order valence-corrected chi connectivity index (χ4v) is 4.36. The van der Waals surface area contributed by atoms with Gasteiger partial charge >= 0.3 is 0 Å². The van der Waals surface area contributed by atoms with Crippen molar-refractivity contribution in [2.45, 2.75) is 39.2 Å². The summed E-state index contributed by atoms with van der Waals surface area (Å²) in [6.07, 6.45) is 0.541. The first-order chi connectivity index (χ1) is 10.4. The Hall–Kier alpha value is -1.40. The van der Waals surface area contributed by atoms with Crippen LogP contribution in [0.1, 0.15) is 50.3 Å². The maximum absolute atomic E-state index is 12.4. The Morgan fingerprint density at radius 1 is 1.27 bits per heavy atom. The van der Waals surface area contributed by atoms with Crippen LogP contribution in [0, 0.1) is 0 Å². The first-order valence-electron chi connectivity index (χ1n) is 7.74. The second-order valence-corrected chi connectivity index (χ2v) is 7.98. The monoisotopic (exact) mass is 324 g/mol. The van der Waals surface area contributed by atoms with E-state index >= 15 is 0 Å². The molecule has 2 rings (SSSR count). The van der Waals surface area contributed by atoms with E-state index in [0.717, 1.165) is 5.56 Å². The number of sulfonamides is 1. The van der Waals surface area contributed by atoms with Crippen molar-refractivity contribution in [1.29, 1.82) is 0 Å². The molecule has 1 aromatic carbocycles. The third-order valence-electron chi connectivity index (χ3n) is 3.91. The predicted molar refractivity (Wildman–Crippen MR) is 87.1 cm³/mol. The van der Waals surface area contributed by atoms with Gasteiger partial charge < -0.3 is 5.32 Å². The predicted octanol–water partition coefficient (Wildman–Crippen LogP) is 2.02. The molecule has 1 aliphatic heterocycles. The molecular formula is C16H24N2O3S. The summed E-state index contributed by atoms with van der Waals surface area (Å²) in [5, 5.41) is 2.77. The van der Waals surface area contributed by atoms with Crippen LogP contribution < -0.4 is 5.32 Å². The third kappa shape index (κ3) is 3.50. The summed E-state index contributed by atoms with van der Waals surface area (Å²) >= 11 is 0. The van der Waals surface area contributed by atoms with Gasteiger partial charge in [0.05, 0.1) is 5.75 Å². The summed E-state index contributed by atoms with van der Waals surface area (Å²) in [4.78, 5) is 12.3. The van der Waals surface area contributed by atoms with Gasteiger partial charge in [0.2, 0.25) is 15.9 Å². The van der Waals surface area contributed by atoms with Crippen molar-refractivity contribution in [3.8, 4) is 0 Å². The lowest BCUT2D eigenvalue weighted by molar-refractivity contribution is -0.126. The fraction of sp³-hybridized carbons (Fsp3) is 0.562. The lowest BCUT2D eigenvalue weighted by atomic mass is 9.98. The number of hydrogen-bond donors (Lipinski definition) is 1. The van der Waals surface area contributed by atoms with Gasteiger partial charge in [0.1, 0.15) is 6.04 Å². The zero-order valence-corrected chi connectivity index (χ0v) is 14.2. The second-order valence-electron chi connectivity index (χ2n) is 5.94. The highest BCUT2D eigenvalue weighted by molar-refractivity contribution is 7.89. The number of rotatable bonds is 5. The number of hydrogen-bond acceptors (Lipinski definition) is 3. The van der Waals surface area contributed by atoms with E-state index < -0.39 is 16.1 Å². The van der Waals surface area contributed by atoms with Gasteiger partial charge in [-0.25, -0.2) is 8.42 Å². The summed E-state index contributed by atoms with van der Waals surface area (Å²) in [5.74, 6) is 0.221. The van der Waals surface area contributed by atoms with Crippen molar-refractivity contribution in [3.05, 3.63) is 35.4 Å². The molecule has 22 heavy (non-hydrogen) atoms. The van der Waals surface area contributed by atoms with Crippen molar-refractivity contribution in [2.75, 3.05) is 18.8 Å². The molecule has 0 saturated carbocycles. The summed E-state index contributed by atoms with van der Waals surface area (Å²) < 4.78 is 26.2. The molecule has 1 amide bonds. The van der Waals surface area contributed by atoms with Crippen LogP contribution in [-0.4, -0.2) is 37.5 Å². The zero-order chi connectivity index (χ0) is 16.3. The van der Waals surface area contributed by atoms with Gasteiger partial charge in [-0.05, 0) is 23.5 Å². The van der Waals surface area contributed by atoms with Gasteiger partial charge in [0.15, 0.2) is 0 Å². The van der Waals surface area contributed by atoms with Crippen LogP contribution in [0.25, 0.3) is 0 Å². The van der Waals surface area contributed by atoms with Crippen molar-refractivity contribution >= 4 is 15.9 Å².